The molecule has 0 aliphatic carbocycles. The van der Waals surface area contributed by atoms with Crippen LogP contribution in [-0.4, -0.2) is 27.7 Å². The van der Waals surface area contributed by atoms with E-state index >= 15 is 0 Å². The summed E-state index contributed by atoms with van der Waals surface area (Å²) in [6.07, 6.45) is 0.949. The summed E-state index contributed by atoms with van der Waals surface area (Å²) in [6, 6.07) is 9.83. The van der Waals surface area contributed by atoms with E-state index in [1.807, 2.05) is 19.1 Å². The number of benzene rings is 1. The van der Waals surface area contributed by atoms with Crippen LogP contribution < -0.4 is 0 Å². The molecule has 2 heterocycles. The zero-order valence-electron chi connectivity index (χ0n) is 12.9. The topological polar surface area (TPSA) is 54.8 Å². The first-order valence-electron chi connectivity index (χ1n) is 7.28. The van der Waals surface area contributed by atoms with Gasteiger partial charge in [-0.05, 0) is 43.2 Å². The highest BCUT2D eigenvalue weighted by Gasteiger charge is 2.33. The molecule has 1 aliphatic rings. The molecule has 0 bridgehead atoms. The van der Waals surface area contributed by atoms with Crippen LogP contribution in [0.3, 0.4) is 0 Å². The number of amidine groups is 1. The van der Waals surface area contributed by atoms with Crippen molar-refractivity contribution in [2.75, 3.05) is 0 Å². The Bertz CT molecular complexity index is 776. The fraction of sp³-hybridized carbons (Fsp3) is 0.235. The lowest BCUT2D eigenvalue weighted by molar-refractivity contribution is -0.142. The first-order chi connectivity index (χ1) is 11.1. The number of rotatable bonds is 3. The van der Waals surface area contributed by atoms with Gasteiger partial charge in [0.2, 0.25) is 11.9 Å². The van der Waals surface area contributed by atoms with E-state index in [2.05, 4.69) is 10.1 Å². The van der Waals surface area contributed by atoms with Gasteiger partial charge < -0.3 is 4.84 Å². The molecule has 23 heavy (non-hydrogen) atoms. The molecule has 1 aliphatic heterocycles. The van der Waals surface area contributed by atoms with Crippen molar-refractivity contribution in [2.24, 2.45) is 5.16 Å². The van der Waals surface area contributed by atoms with Gasteiger partial charge >= 0.3 is 0 Å². The Labute approximate surface area is 133 Å². The number of hydrogen-bond donors (Lipinski definition) is 0. The zero-order valence-corrected chi connectivity index (χ0v) is 12.9. The second-order valence-electron chi connectivity index (χ2n) is 5.39. The number of carbonyl (C=O) groups excluding carboxylic acids is 1. The van der Waals surface area contributed by atoms with E-state index in [1.54, 1.807) is 25.3 Å². The lowest BCUT2D eigenvalue weighted by atomic mass is 10.1. The molecule has 0 saturated carbocycles. The normalized spacial score (nSPS) is 17.7. The average molecular weight is 313 g/mol. The molecule has 1 unspecified atom stereocenters. The van der Waals surface area contributed by atoms with E-state index in [4.69, 9.17) is 4.84 Å². The van der Waals surface area contributed by atoms with Crippen molar-refractivity contribution in [3.8, 4) is 0 Å². The van der Waals surface area contributed by atoms with Crippen LogP contribution in [0.5, 0.6) is 0 Å². The lowest BCUT2D eigenvalue weighted by Gasteiger charge is -2.30. The molecule has 118 valence electrons. The van der Waals surface area contributed by atoms with Gasteiger partial charge in [-0.25, -0.2) is 4.39 Å². The second-order valence-corrected chi connectivity index (χ2v) is 5.39. The van der Waals surface area contributed by atoms with Crippen LogP contribution in [0.4, 0.5) is 4.39 Å². The molecule has 6 heteroatoms. The lowest BCUT2D eigenvalue weighted by Crippen LogP contribution is -2.46. The number of amides is 1. The van der Waals surface area contributed by atoms with Crippen molar-refractivity contribution in [3.05, 3.63) is 65.2 Å². The fourth-order valence-corrected chi connectivity index (χ4v) is 2.41. The number of carbonyl (C=O) groups is 1. The number of hydrogen-bond acceptors (Lipinski definition) is 4. The van der Waals surface area contributed by atoms with Crippen molar-refractivity contribution in [2.45, 2.75) is 26.5 Å². The fourth-order valence-electron chi connectivity index (χ4n) is 2.41. The van der Waals surface area contributed by atoms with Crippen LogP contribution in [0.2, 0.25) is 0 Å². The Balaban J connectivity index is 1.99. The molecule has 1 atom stereocenters. The van der Waals surface area contributed by atoms with Crippen molar-refractivity contribution >= 4 is 11.7 Å². The smallest absolute Gasteiger partial charge is 0.272 e. The maximum absolute atomic E-state index is 13.4. The minimum absolute atomic E-state index is 0.207. The molecule has 0 N–H and O–H groups in total. The second kappa shape index (κ2) is 6.16. The summed E-state index contributed by atoms with van der Waals surface area (Å²) >= 11 is 0. The third kappa shape index (κ3) is 3.06. The van der Waals surface area contributed by atoms with Crippen LogP contribution >= 0.6 is 0 Å². The van der Waals surface area contributed by atoms with Crippen molar-refractivity contribution in [1.29, 1.82) is 0 Å². The summed E-state index contributed by atoms with van der Waals surface area (Å²) in [5.41, 5.74) is 2.12. The van der Waals surface area contributed by atoms with Gasteiger partial charge in [-0.1, -0.05) is 23.4 Å². The molecule has 2 aromatic rings. The molecule has 0 saturated heterocycles. The zero-order chi connectivity index (χ0) is 16.4. The van der Waals surface area contributed by atoms with E-state index in [1.165, 1.54) is 17.0 Å². The van der Waals surface area contributed by atoms with Crippen LogP contribution in [0.15, 0.2) is 47.8 Å². The molecular formula is C17H16FN3O2. The monoisotopic (exact) mass is 313 g/mol. The van der Waals surface area contributed by atoms with Crippen LogP contribution in [0.25, 0.3) is 0 Å². The highest BCUT2D eigenvalue weighted by Crippen LogP contribution is 2.19. The largest absolute Gasteiger partial charge is 0.381 e. The summed E-state index contributed by atoms with van der Waals surface area (Å²) in [5, 5.41) is 4.06. The molecular weight excluding hydrogens is 297 g/mol. The molecule has 0 fully saturated rings. The van der Waals surface area contributed by atoms with Gasteiger partial charge in [0.05, 0.1) is 6.54 Å². The summed E-state index contributed by atoms with van der Waals surface area (Å²) in [6.45, 7) is 3.72. The Kier molecular flexibility index (Phi) is 4.06. The minimum Gasteiger partial charge on any atom is -0.381 e. The van der Waals surface area contributed by atoms with Gasteiger partial charge in [0.15, 0.2) is 0 Å². The highest BCUT2D eigenvalue weighted by molar-refractivity contribution is 6.09. The Morgan fingerprint density at radius 3 is 2.87 bits per heavy atom. The third-order valence-corrected chi connectivity index (χ3v) is 3.62. The molecule has 1 amide bonds. The summed E-state index contributed by atoms with van der Waals surface area (Å²) in [4.78, 5) is 23.5. The molecule has 3 rings (SSSR count). The minimum atomic E-state index is -0.684. The maximum atomic E-state index is 13.4. The molecule has 5 nitrogen and oxygen atoms in total. The van der Waals surface area contributed by atoms with Crippen LogP contribution in [0, 0.1) is 12.7 Å². The van der Waals surface area contributed by atoms with Gasteiger partial charge in [-0.2, -0.15) is 0 Å². The number of halogens is 1. The summed E-state index contributed by atoms with van der Waals surface area (Å²) in [5.74, 6) is -0.233. The van der Waals surface area contributed by atoms with Crippen molar-refractivity contribution in [3.63, 3.8) is 0 Å². The van der Waals surface area contributed by atoms with E-state index in [-0.39, 0.29) is 18.3 Å². The van der Waals surface area contributed by atoms with Gasteiger partial charge in [0.1, 0.15) is 11.5 Å². The predicted octanol–water partition coefficient (Wildman–Crippen LogP) is 2.64. The average Bonchev–Trinajstić information content (AvgIpc) is 2.53. The molecule has 0 radical (unpaired) electrons. The van der Waals surface area contributed by atoms with E-state index in [0.717, 1.165) is 5.56 Å². The standard InChI is InChI=1S/C17H16FN3O2/c1-11-5-4-8-19-15(11)16-20-23-12(2)17(22)21(16)10-13-6-3-7-14(18)9-13/h3-9,12H,10H2,1-2H3. The third-order valence-electron chi connectivity index (χ3n) is 3.62. The van der Waals surface area contributed by atoms with Crippen molar-refractivity contribution in [1.82, 2.24) is 9.88 Å². The van der Waals surface area contributed by atoms with Crippen LogP contribution in [0.1, 0.15) is 23.7 Å². The summed E-state index contributed by atoms with van der Waals surface area (Å²) < 4.78 is 13.4. The quantitative estimate of drug-likeness (QED) is 0.875. The van der Waals surface area contributed by atoms with Gasteiger partial charge in [-0.3, -0.25) is 14.7 Å². The number of pyridine rings is 1. The van der Waals surface area contributed by atoms with E-state index in [0.29, 0.717) is 17.1 Å². The molecule has 1 aromatic heterocycles. The van der Waals surface area contributed by atoms with E-state index in [9.17, 15) is 9.18 Å². The SMILES string of the molecule is Cc1cccnc1C1=NOC(C)C(=O)N1Cc1cccc(F)c1. The first kappa shape index (κ1) is 15.1. The Morgan fingerprint density at radius 2 is 2.13 bits per heavy atom. The van der Waals surface area contributed by atoms with Gasteiger partial charge in [-0.15, -0.1) is 0 Å². The summed E-state index contributed by atoms with van der Waals surface area (Å²) in [7, 11) is 0. The predicted molar refractivity (Wildman–Crippen MR) is 83.0 cm³/mol. The number of aryl methyl sites for hydroxylation is 1. The van der Waals surface area contributed by atoms with Gasteiger partial charge in [0.25, 0.3) is 5.91 Å². The first-order valence-corrected chi connectivity index (χ1v) is 7.28. The molecule has 1 aromatic carbocycles. The Hall–Kier alpha value is -2.76. The number of nitrogens with zero attached hydrogens (tertiary/aromatic N) is 3. The molecule has 0 spiro atoms. The number of aromatic nitrogens is 1. The van der Waals surface area contributed by atoms with E-state index < -0.39 is 6.10 Å². The van der Waals surface area contributed by atoms with Crippen molar-refractivity contribution < 1.29 is 14.0 Å². The maximum Gasteiger partial charge on any atom is 0.272 e. The van der Waals surface area contributed by atoms with Gasteiger partial charge in [0, 0.05) is 6.20 Å². The Morgan fingerprint density at radius 1 is 1.30 bits per heavy atom. The highest BCUT2D eigenvalue weighted by atomic mass is 19.1. The van der Waals surface area contributed by atoms with Crippen LogP contribution in [-0.2, 0) is 16.2 Å². The number of oxime groups is 1.